The minimum Gasteiger partial charge on any atom is -0.396 e. The SMILES string of the molecule is CC(CCO)NC(=O)C[C@H]1CC[C@H](c2ccnc3ccccc32)CC1. The molecule has 1 atom stereocenters. The molecule has 2 N–H and O–H groups in total. The third kappa shape index (κ3) is 4.57. The zero-order chi connectivity index (χ0) is 17.6. The minimum atomic E-state index is 0.0528. The highest BCUT2D eigenvalue weighted by molar-refractivity contribution is 5.82. The van der Waals surface area contributed by atoms with Gasteiger partial charge in [0, 0.05) is 30.7 Å². The summed E-state index contributed by atoms with van der Waals surface area (Å²) in [5.74, 6) is 1.17. The summed E-state index contributed by atoms with van der Waals surface area (Å²) in [4.78, 5) is 16.6. The van der Waals surface area contributed by atoms with Crippen molar-refractivity contribution in [2.75, 3.05) is 6.61 Å². The summed E-state index contributed by atoms with van der Waals surface area (Å²) in [7, 11) is 0. The first kappa shape index (κ1) is 17.9. The summed E-state index contributed by atoms with van der Waals surface area (Å²) in [6.45, 7) is 2.06. The maximum atomic E-state index is 12.1. The number of hydrogen-bond donors (Lipinski definition) is 2. The van der Waals surface area contributed by atoms with Crippen LogP contribution in [0.3, 0.4) is 0 Å². The first-order valence-corrected chi connectivity index (χ1v) is 9.41. The van der Waals surface area contributed by atoms with Crippen molar-refractivity contribution in [3.05, 3.63) is 42.1 Å². The monoisotopic (exact) mass is 340 g/mol. The van der Waals surface area contributed by atoms with Gasteiger partial charge in [-0.05, 0) is 68.6 Å². The molecule has 1 aliphatic carbocycles. The van der Waals surface area contributed by atoms with Crippen molar-refractivity contribution in [3.63, 3.8) is 0 Å². The number of nitrogens with one attached hydrogen (secondary N) is 1. The average Bonchev–Trinajstić information content (AvgIpc) is 2.62. The van der Waals surface area contributed by atoms with E-state index in [0.717, 1.165) is 31.2 Å². The van der Waals surface area contributed by atoms with Gasteiger partial charge in [-0.2, -0.15) is 0 Å². The molecule has 1 aliphatic rings. The fraction of sp³-hybridized carbons (Fsp3) is 0.524. The Bertz CT molecular complexity index is 703. The molecule has 2 aromatic rings. The Labute approximate surface area is 149 Å². The topological polar surface area (TPSA) is 62.2 Å². The Morgan fingerprint density at radius 2 is 2.00 bits per heavy atom. The standard InChI is InChI=1S/C21H28N2O2/c1-15(11-13-24)23-21(25)14-16-6-8-17(9-7-16)18-10-12-22-20-5-3-2-4-19(18)20/h2-5,10,12,15-17,24H,6-9,11,13-14H2,1H3,(H,23,25)/t15?,16-,17-. The largest absolute Gasteiger partial charge is 0.396 e. The first-order chi connectivity index (χ1) is 12.2. The molecule has 0 aliphatic heterocycles. The zero-order valence-corrected chi connectivity index (χ0v) is 14.9. The number of para-hydroxylation sites is 1. The lowest BCUT2D eigenvalue weighted by Gasteiger charge is -2.29. The number of aliphatic hydroxyl groups is 1. The molecular formula is C21H28N2O2. The Kier molecular flexibility index (Phi) is 6.03. The average molecular weight is 340 g/mol. The van der Waals surface area contributed by atoms with Gasteiger partial charge in [0.25, 0.3) is 0 Å². The lowest BCUT2D eigenvalue weighted by molar-refractivity contribution is -0.122. The van der Waals surface area contributed by atoms with Crippen LogP contribution in [0.15, 0.2) is 36.5 Å². The van der Waals surface area contributed by atoms with Gasteiger partial charge in [-0.25, -0.2) is 0 Å². The third-order valence-electron chi connectivity index (χ3n) is 5.41. The predicted molar refractivity (Wildman–Crippen MR) is 100 cm³/mol. The molecule has 25 heavy (non-hydrogen) atoms. The minimum absolute atomic E-state index is 0.0528. The fourth-order valence-corrected chi connectivity index (χ4v) is 4.01. The van der Waals surface area contributed by atoms with E-state index in [9.17, 15) is 4.79 Å². The number of aliphatic hydroxyl groups excluding tert-OH is 1. The van der Waals surface area contributed by atoms with Gasteiger partial charge >= 0.3 is 0 Å². The predicted octanol–water partition coefficient (Wildman–Crippen LogP) is 3.79. The number of pyridine rings is 1. The van der Waals surface area contributed by atoms with Crippen molar-refractivity contribution in [2.45, 2.75) is 57.4 Å². The first-order valence-electron chi connectivity index (χ1n) is 9.41. The molecule has 0 radical (unpaired) electrons. The van der Waals surface area contributed by atoms with Crippen LogP contribution in [-0.2, 0) is 4.79 Å². The molecule has 4 heteroatoms. The van der Waals surface area contributed by atoms with E-state index in [-0.39, 0.29) is 18.6 Å². The number of carbonyl (C=O) groups excluding carboxylic acids is 1. The molecule has 4 nitrogen and oxygen atoms in total. The van der Waals surface area contributed by atoms with Crippen molar-refractivity contribution in [3.8, 4) is 0 Å². The molecule has 0 bridgehead atoms. The van der Waals surface area contributed by atoms with E-state index in [0.29, 0.717) is 24.7 Å². The molecule has 1 amide bonds. The summed E-state index contributed by atoms with van der Waals surface area (Å²) in [6.07, 6.45) is 7.62. The lowest BCUT2D eigenvalue weighted by Crippen LogP contribution is -2.34. The van der Waals surface area contributed by atoms with Crippen LogP contribution < -0.4 is 5.32 Å². The van der Waals surface area contributed by atoms with Gasteiger partial charge < -0.3 is 10.4 Å². The fourth-order valence-electron chi connectivity index (χ4n) is 4.01. The maximum Gasteiger partial charge on any atom is 0.220 e. The van der Waals surface area contributed by atoms with E-state index in [1.165, 1.54) is 10.9 Å². The number of carbonyl (C=O) groups is 1. The van der Waals surface area contributed by atoms with Crippen molar-refractivity contribution in [1.82, 2.24) is 10.3 Å². The third-order valence-corrected chi connectivity index (χ3v) is 5.41. The maximum absolute atomic E-state index is 12.1. The van der Waals surface area contributed by atoms with Crippen LogP contribution in [0.4, 0.5) is 0 Å². The molecule has 1 heterocycles. The Balaban J connectivity index is 1.56. The second-order valence-electron chi connectivity index (χ2n) is 7.32. The van der Waals surface area contributed by atoms with E-state index in [1.807, 2.05) is 19.2 Å². The summed E-state index contributed by atoms with van der Waals surface area (Å²) in [5.41, 5.74) is 2.48. The summed E-state index contributed by atoms with van der Waals surface area (Å²) in [6, 6.07) is 10.6. The number of amides is 1. The number of aromatic nitrogens is 1. The van der Waals surface area contributed by atoms with Gasteiger partial charge in [0.15, 0.2) is 0 Å². The van der Waals surface area contributed by atoms with Gasteiger partial charge in [0.05, 0.1) is 5.52 Å². The summed E-state index contributed by atoms with van der Waals surface area (Å²) in [5, 5.41) is 13.2. The van der Waals surface area contributed by atoms with Crippen molar-refractivity contribution in [1.29, 1.82) is 0 Å². The van der Waals surface area contributed by atoms with E-state index in [2.05, 4.69) is 34.6 Å². The van der Waals surface area contributed by atoms with Crippen molar-refractivity contribution >= 4 is 16.8 Å². The number of fused-ring (bicyclic) bond motifs is 1. The molecule has 134 valence electrons. The lowest BCUT2D eigenvalue weighted by atomic mass is 9.77. The highest BCUT2D eigenvalue weighted by atomic mass is 16.3. The zero-order valence-electron chi connectivity index (χ0n) is 14.9. The number of nitrogens with zero attached hydrogens (tertiary/aromatic N) is 1. The van der Waals surface area contributed by atoms with E-state index >= 15 is 0 Å². The second-order valence-corrected chi connectivity index (χ2v) is 7.32. The van der Waals surface area contributed by atoms with Crippen LogP contribution in [0.1, 0.15) is 56.9 Å². The molecule has 1 aromatic carbocycles. The number of hydrogen-bond acceptors (Lipinski definition) is 3. The molecule has 3 rings (SSSR count). The summed E-state index contributed by atoms with van der Waals surface area (Å²) < 4.78 is 0. The van der Waals surface area contributed by atoms with Gasteiger partial charge in [-0.1, -0.05) is 18.2 Å². The Morgan fingerprint density at radius 3 is 2.76 bits per heavy atom. The van der Waals surface area contributed by atoms with Crippen LogP contribution in [0, 0.1) is 5.92 Å². The molecule has 1 fully saturated rings. The van der Waals surface area contributed by atoms with Crippen LogP contribution >= 0.6 is 0 Å². The van der Waals surface area contributed by atoms with Gasteiger partial charge in [-0.3, -0.25) is 9.78 Å². The molecule has 1 saturated carbocycles. The quantitative estimate of drug-likeness (QED) is 0.841. The normalized spacial score (nSPS) is 21.8. The molecule has 1 aromatic heterocycles. The highest BCUT2D eigenvalue weighted by Gasteiger charge is 2.25. The Hall–Kier alpha value is -1.94. The van der Waals surface area contributed by atoms with Crippen LogP contribution in [0.25, 0.3) is 10.9 Å². The van der Waals surface area contributed by atoms with E-state index < -0.39 is 0 Å². The van der Waals surface area contributed by atoms with Crippen LogP contribution in [0.5, 0.6) is 0 Å². The second kappa shape index (κ2) is 8.43. The molecular weight excluding hydrogens is 312 g/mol. The van der Waals surface area contributed by atoms with Crippen molar-refractivity contribution < 1.29 is 9.90 Å². The molecule has 0 saturated heterocycles. The van der Waals surface area contributed by atoms with Crippen LogP contribution in [0.2, 0.25) is 0 Å². The van der Waals surface area contributed by atoms with Gasteiger partial charge in [-0.15, -0.1) is 0 Å². The van der Waals surface area contributed by atoms with Crippen molar-refractivity contribution in [2.24, 2.45) is 5.92 Å². The molecule has 0 spiro atoms. The van der Waals surface area contributed by atoms with Gasteiger partial charge in [0.2, 0.25) is 5.91 Å². The highest BCUT2D eigenvalue weighted by Crippen LogP contribution is 2.39. The van der Waals surface area contributed by atoms with E-state index in [1.54, 1.807) is 0 Å². The van der Waals surface area contributed by atoms with E-state index in [4.69, 9.17) is 5.11 Å². The number of benzene rings is 1. The number of rotatable bonds is 6. The summed E-state index contributed by atoms with van der Waals surface area (Å²) >= 11 is 0. The smallest absolute Gasteiger partial charge is 0.220 e. The van der Waals surface area contributed by atoms with Crippen LogP contribution in [-0.4, -0.2) is 28.6 Å². The van der Waals surface area contributed by atoms with Gasteiger partial charge in [0.1, 0.15) is 0 Å². The molecule has 1 unspecified atom stereocenters. The Morgan fingerprint density at radius 1 is 1.24 bits per heavy atom.